The van der Waals surface area contributed by atoms with Crippen molar-refractivity contribution in [3.63, 3.8) is 0 Å². The fourth-order valence-corrected chi connectivity index (χ4v) is 3.54. The highest BCUT2D eigenvalue weighted by Gasteiger charge is 2.29. The summed E-state index contributed by atoms with van der Waals surface area (Å²) in [6.45, 7) is 7.62. The Morgan fingerprint density at radius 1 is 0.784 bits per heavy atom. The van der Waals surface area contributed by atoms with Crippen LogP contribution < -0.4 is 10.6 Å². The number of benzene rings is 2. The van der Waals surface area contributed by atoms with Gasteiger partial charge in [-0.2, -0.15) is 0 Å². The van der Waals surface area contributed by atoms with Gasteiger partial charge in [-0.1, -0.05) is 58.0 Å². The van der Waals surface area contributed by atoms with E-state index in [0.717, 1.165) is 5.56 Å². The largest absolute Gasteiger partial charge is 0.459 e. The number of amides is 2. The first-order valence-electron chi connectivity index (χ1n) is 12.2. The summed E-state index contributed by atoms with van der Waals surface area (Å²) in [5, 5.41) is 16.1. The van der Waals surface area contributed by atoms with Crippen molar-refractivity contribution in [2.24, 2.45) is 11.8 Å². The minimum absolute atomic E-state index is 0.0631. The lowest BCUT2D eigenvalue weighted by molar-refractivity contribution is -0.384. The van der Waals surface area contributed by atoms with Gasteiger partial charge in [-0.3, -0.25) is 14.9 Å². The summed E-state index contributed by atoms with van der Waals surface area (Å²) < 4.78 is 10.6. The quantitative estimate of drug-likeness (QED) is 0.228. The first-order chi connectivity index (χ1) is 17.5. The number of hydrogen-bond donors (Lipinski definition) is 2. The summed E-state index contributed by atoms with van der Waals surface area (Å²) >= 11 is 0. The van der Waals surface area contributed by atoms with Crippen LogP contribution in [0.3, 0.4) is 0 Å². The van der Waals surface area contributed by atoms with Crippen LogP contribution in [0.5, 0.6) is 0 Å². The van der Waals surface area contributed by atoms with Gasteiger partial charge in [0.1, 0.15) is 25.3 Å². The third-order valence-electron chi connectivity index (χ3n) is 5.36. The Balaban J connectivity index is 2.00. The molecule has 0 aliphatic rings. The normalized spacial score (nSPS) is 12.5. The van der Waals surface area contributed by atoms with Gasteiger partial charge in [0.25, 0.3) is 5.69 Å². The van der Waals surface area contributed by atoms with E-state index in [-0.39, 0.29) is 30.7 Å². The number of ether oxygens (including phenoxy) is 2. The molecular weight excluding hydrogens is 478 g/mol. The minimum atomic E-state index is -0.928. The molecule has 10 nitrogen and oxygen atoms in total. The number of carbonyl (C=O) groups is 3. The van der Waals surface area contributed by atoms with E-state index in [1.54, 1.807) is 0 Å². The highest BCUT2D eigenvalue weighted by Crippen LogP contribution is 2.14. The van der Waals surface area contributed by atoms with Gasteiger partial charge in [0.2, 0.25) is 5.91 Å². The smallest absolute Gasteiger partial charge is 0.408 e. The van der Waals surface area contributed by atoms with Crippen LogP contribution in [-0.2, 0) is 32.3 Å². The van der Waals surface area contributed by atoms with E-state index in [0.29, 0.717) is 18.4 Å². The zero-order valence-corrected chi connectivity index (χ0v) is 21.6. The lowest BCUT2D eigenvalue weighted by Gasteiger charge is -2.24. The average Bonchev–Trinajstić information content (AvgIpc) is 2.85. The molecule has 0 saturated carbocycles. The summed E-state index contributed by atoms with van der Waals surface area (Å²) in [6.07, 6.45) is -0.0539. The molecule has 0 aromatic heterocycles. The van der Waals surface area contributed by atoms with Gasteiger partial charge in [-0.25, -0.2) is 9.59 Å². The fourth-order valence-electron chi connectivity index (χ4n) is 3.54. The number of esters is 1. The summed E-state index contributed by atoms with van der Waals surface area (Å²) in [7, 11) is 0. The number of non-ortho nitro benzene ring substituents is 1. The van der Waals surface area contributed by atoms with Crippen LogP contribution in [-0.4, -0.2) is 35.0 Å². The van der Waals surface area contributed by atoms with Crippen LogP contribution >= 0.6 is 0 Å². The molecule has 0 radical (unpaired) electrons. The number of carbonyl (C=O) groups excluding carboxylic acids is 3. The van der Waals surface area contributed by atoms with Gasteiger partial charge < -0.3 is 20.1 Å². The maximum absolute atomic E-state index is 13.1. The zero-order chi connectivity index (χ0) is 27.4. The van der Waals surface area contributed by atoms with Gasteiger partial charge in [0, 0.05) is 12.1 Å². The summed E-state index contributed by atoms with van der Waals surface area (Å²) in [4.78, 5) is 48.6. The molecular formula is C27H35N3O7. The monoisotopic (exact) mass is 513 g/mol. The van der Waals surface area contributed by atoms with E-state index in [1.165, 1.54) is 24.3 Å². The molecule has 200 valence electrons. The highest BCUT2D eigenvalue weighted by molar-refractivity contribution is 5.89. The Labute approximate surface area is 216 Å². The van der Waals surface area contributed by atoms with Crippen LogP contribution in [0.15, 0.2) is 54.6 Å². The first kappa shape index (κ1) is 29.3. The Morgan fingerprint density at radius 3 is 1.89 bits per heavy atom. The molecule has 0 heterocycles. The van der Waals surface area contributed by atoms with Crippen molar-refractivity contribution in [3.8, 4) is 0 Å². The predicted octanol–water partition coefficient (Wildman–Crippen LogP) is 4.51. The minimum Gasteiger partial charge on any atom is -0.459 e. The van der Waals surface area contributed by atoms with Gasteiger partial charge >= 0.3 is 12.1 Å². The molecule has 37 heavy (non-hydrogen) atoms. The number of nitro benzene ring substituents is 1. The lowest BCUT2D eigenvalue weighted by atomic mass is 10.0. The number of rotatable bonds is 13. The van der Waals surface area contributed by atoms with Crippen molar-refractivity contribution in [2.75, 3.05) is 0 Å². The number of nitro groups is 1. The predicted molar refractivity (Wildman–Crippen MR) is 137 cm³/mol. The van der Waals surface area contributed by atoms with Crippen LogP contribution in [0.1, 0.15) is 51.7 Å². The Bertz CT molecular complexity index is 1040. The third-order valence-corrected chi connectivity index (χ3v) is 5.36. The van der Waals surface area contributed by atoms with Crippen LogP contribution in [0.4, 0.5) is 10.5 Å². The Hall–Kier alpha value is -3.95. The van der Waals surface area contributed by atoms with Crippen LogP contribution in [0.25, 0.3) is 0 Å². The molecule has 0 fully saturated rings. The summed E-state index contributed by atoms with van der Waals surface area (Å²) in [5.41, 5.74) is 1.33. The van der Waals surface area contributed by atoms with E-state index in [2.05, 4.69) is 10.6 Å². The molecule has 2 aromatic rings. The van der Waals surface area contributed by atoms with Crippen molar-refractivity contribution in [1.29, 1.82) is 0 Å². The fraction of sp³-hybridized carbons (Fsp3) is 0.444. The van der Waals surface area contributed by atoms with E-state index in [4.69, 9.17) is 9.47 Å². The molecule has 2 N–H and O–H groups in total. The number of nitrogens with zero attached hydrogens (tertiary/aromatic N) is 1. The molecule has 0 aliphatic carbocycles. The molecule has 2 aromatic carbocycles. The molecule has 10 heteroatoms. The Kier molecular flexibility index (Phi) is 11.5. The zero-order valence-electron chi connectivity index (χ0n) is 21.6. The molecule has 0 spiro atoms. The summed E-state index contributed by atoms with van der Waals surface area (Å²) in [5.74, 6) is -0.981. The van der Waals surface area contributed by atoms with Gasteiger partial charge in [-0.05, 0) is 47.9 Å². The van der Waals surface area contributed by atoms with Crippen molar-refractivity contribution < 1.29 is 28.8 Å². The molecule has 0 aliphatic heterocycles. The van der Waals surface area contributed by atoms with Crippen molar-refractivity contribution in [3.05, 3.63) is 75.8 Å². The molecule has 2 unspecified atom stereocenters. The standard InChI is InChI=1S/C27H35N3O7/c1-18(2)14-23(29-27(33)37-17-20-8-6-5-7-9-20)25(31)28-24(15-19(3)4)26(32)36-16-21-10-12-22(13-11-21)30(34)35/h5-13,18-19,23-24H,14-17H2,1-4H3,(H,28,31)(H,29,33). The number of hydrogen-bond acceptors (Lipinski definition) is 7. The van der Waals surface area contributed by atoms with Gasteiger partial charge in [-0.15, -0.1) is 0 Å². The lowest BCUT2D eigenvalue weighted by Crippen LogP contribution is -2.52. The second-order valence-corrected chi connectivity index (χ2v) is 9.61. The molecule has 2 rings (SSSR count). The van der Waals surface area contributed by atoms with Crippen LogP contribution in [0, 0.1) is 22.0 Å². The topological polar surface area (TPSA) is 137 Å². The van der Waals surface area contributed by atoms with Crippen LogP contribution in [0.2, 0.25) is 0 Å². The SMILES string of the molecule is CC(C)CC(NC(=O)OCc1ccccc1)C(=O)NC(CC(C)C)C(=O)OCc1ccc([N+](=O)[O-])cc1. The molecule has 0 saturated heterocycles. The van der Waals surface area contributed by atoms with Crippen molar-refractivity contribution in [2.45, 2.75) is 65.8 Å². The molecule has 2 amide bonds. The van der Waals surface area contributed by atoms with Gasteiger partial charge in [0.15, 0.2) is 0 Å². The maximum atomic E-state index is 13.1. The third kappa shape index (κ3) is 10.7. The molecule has 2 atom stereocenters. The number of alkyl carbamates (subject to hydrolysis) is 1. The highest BCUT2D eigenvalue weighted by atomic mass is 16.6. The van der Waals surface area contributed by atoms with E-state index in [1.807, 2.05) is 58.0 Å². The summed E-state index contributed by atoms with van der Waals surface area (Å²) in [6, 6.07) is 13.0. The molecule has 0 bridgehead atoms. The first-order valence-corrected chi connectivity index (χ1v) is 12.2. The average molecular weight is 514 g/mol. The van der Waals surface area contributed by atoms with E-state index >= 15 is 0 Å². The number of nitrogens with one attached hydrogen (secondary N) is 2. The van der Waals surface area contributed by atoms with E-state index in [9.17, 15) is 24.5 Å². The Morgan fingerprint density at radius 2 is 1.32 bits per heavy atom. The second kappa shape index (κ2) is 14.6. The second-order valence-electron chi connectivity index (χ2n) is 9.61. The van der Waals surface area contributed by atoms with Crippen molar-refractivity contribution in [1.82, 2.24) is 10.6 Å². The van der Waals surface area contributed by atoms with Crippen molar-refractivity contribution >= 4 is 23.7 Å². The van der Waals surface area contributed by atoms with E-state index < -0.39 is 35.0 Å². The van der Waals surface area contributed by atoms with Gasteiger partial charge in [0.05, 0.1) is 4.92 Å². The maximum Gasteiger partial charge on any atom is 0.408 e.